The number of rotatable bonds is 13. The molecular formula is C19H24N2O7. The summed E-state index contributed by atoms with van der Waals surface area (Å²) < 4.78 is 5.32. The van der Waals surface area contributed by atoms with Gasteiger partial charge in [-0.3, -0.25) is 14.4 Å². The van der Waals surface area contributed by atoms with Crippen LogP contribution >= 0.6 is 0 Å². The first-order valence-corrected chi connectivity index (χ1v) is 8.58. The Balaban J connectivity index is 2.46. The summed E-state index contributed by atoms with van der Waals surface area (Å²) in [5.74, 6) is -4.01. The van der Waals surface area contributed by atoms with Crippen LogP contribution in [-0.4, -0.2) is 52.5 Å². The third-order valence-corrected chi connectivity index (χ3v) is 3.85. The minimum atomic E-state index is -1.35. The van der Waals surface area contributed by atoms with Crippen molar-refractivity contribution in [2.45, 2.75) is 38.0 Å². The summed E-state index contributed by atoms with van der Waals surface area (Å²) in [4.78, 5) is 45.9. The number of carbonyl (C=O) groups is 4. The lowest BCUT2D eigenvalue weighted by Gasteiger charge is -2.15. The van der Waals surface area contributed by atoms with Gasteiger partial charge < -0.3 is 26.0 Å². The van der Waals surface area contributed by atoms with Crippen molar-refractivity contribution in [1.82, 2.24) is 5.32 Å². The molecule has 152 valence electrons. The van der Waals surface area contributed by atoms with Crippen LogP contribution in [0.2, 0.25) is 0 Å². The molecule has 0 fully saturated rings. The summed E-state index contributed by atoms with van der Waals surface area (Å²) in [6.07, 6.45) is 0.123. The van der Waals surface area contributed by atoms with E-state index < -0.39 is 41.3 Å². The molecule has 0 aromatic heterocycles. The second kappa shape index (κ2) is 11.6. The van der Waals surface area contributed by atoms with Crippen LogP contribution in [0.25, 0.3) is 0 Å². The molecule has 1 amide bonds. The molecule has 0 aliphatic carbocycles. The Kier molecular flexibility index (Phi) is 9.55. The largest absolute Gasteiger partial charge is 0.480 e. The van der Waals surface area contributed by atoms with Gasteiger partial charge in [-0.15, -0.1) is 0 Å². The van der Waals surface area contributed by atoms with Crippen LogP contribution < -0.4 is 11.1 Å². The number of nitrogens with two attached hydrogens (primary N) is 1. The van der Waals surface area contributed by atoms with Gasteiger partial charge in [0.05, 0.1) is 18.8 Å². The Morgan fingerprint density at radius 3 is 2.32 bits per heavy atom. The standard InChI is InChI=1S/C19H24N2O7/c1-12(16(22)9-5-8-14(20)18(24)25)17(23)21-15(19(26)27)11-28-10-13-6-3-2-4-7-13/h2-4,6-7,14-15H,1,5,8-11,20H2,(H,21,23)(H,24,25)(H,26,27)/t14-,15+/m0/s1. The Hall–Kier alpha value is -3.04. The number of aliphatic carboxylic acids is 2. The molecule has 0 radical (unpaired) electrons. The van der Waals surface area contributed by atoms with E-state index in [4.69, 9.17) is 15.6 Å². The first-order valence-electron chi connectivity index (χ1n) is 8.58. The van der Waals surface area contributed by atoms with Crippen LogP contribution in [-0.2, 0) is 30.5 Å². The van der Waals surface area contributed by atoms with Crippen molar-refractivity contribution in [2.24, 2.45) is 5.73 Å². The monoisotopic (exact) mass is 392 g/mol. The number of hydrogen-bond acceptors (Lipinski definition) is 6. The highest BCUT2D eigenvalue weighted by atomic mass is 16.5. The minimum absolute atomic E-state index is 0.0705. The number of benzene rings is 1. The van der Waals surface area contributed by atoms with Crippen LogP contribution in [0.4, 0.5) is 0 Å². The highest BCUT2D eigenvalue weighted by Crippen LogP contribution is 2.06. The number of amides is 1. The van der Waals surface area contributed by atoms with Gasteiger partial charge in [0, 0.05) is 6.42 Å². The first kappa shape index (κ1) is 23.0. The predicted molar refractivity (Wildman–Crippen MR) is 99.3 cm³/mol. The van der Waals surface area contributed by atoms with Gasteiger partial charge >= 0.3 is 11.9 Å². The third kappa shape index (κ3) is 8.11. The van der Waals surface area contributed by atoms with Crippen molar-refractivity contribution in [2.75, 3.05) is 6.61 Å². The van der Waals surface area contributed by atoms with Crippen molar-refractivity contribution in [3.05, 3.63) is 48.0 Å². The van der Waals surface area contributed by atoms with Gasteiger partial charge in [0.2, 0.25) is 0 Å². The Bertz CT molecular complexity index is 718. The van der Waals surface area contributed by atoms with E-state index in [1.165, 1.54) is 0 Å². The zero-order valence-corrected chi connectivity index (χ0v) is 15.3. The normalized spacial score (nSPS) is 12.6. The molecule has 0 aliphatic heterocycles. The number of Topliss-reactive ketones (excluding diaryl/α,β-unsaturated/α-hetero) is 1. The molecule has 28 heavy (non-hydrogen) atoms. The quantitative estimate of drug-likeness (QED) is 0.214. The van der Waals surface area contributed by atoms with Crippen molar-refractivity contribution in [3.8, 4) is 0 Å². The smallest absolute Gasteiger partial charge is 0.328 e. The molecule has 1 rings (SSSR count). The van der Waals surface area contributed by atoms with Gasteiger partial charge in [-0.1, -0.05) is 36.9 Å². The molecule has 0 heterocycles. The molecule has 1 aromatic rings. The molecule has 9 heteroatoms. The van der Waals surface area contributed by atoms with Crippen molar-refractivity contribution in [1.29, 1.82) is 0 Å². The molecule has 9 nitrogen and oxygen atoms in total. The maximum absolute atomic E-state index is 12.1. The van der Waals surface area contributed by atoms with Crippen molar-refractivity contribution in [3.63, 3.8) is 0 Å². The topological polar surface area (TPSA) is 156 Å². The highest BCUT2D eigenvalue weighted by Gasteiger charge is 2.24. The summed E-state index contributed by atoms with van der Waals surface area (Å²) in [6.45, 7) is 3.27. The number of ketones is 1. The number of carbonyl (C=O) groups excluding carboxylic acids is 2. The number of hydrogen-bond donors (Lipinski definition) is 4. The molecule has 1 aromatic carbocycles. The zero-order chi connectivity index (χ0) is 21.1. The number of carboxylic acids is 2. The number of ether oxygens (including phenoxy) is 1. The van der Waals surface area contributed by atoms with Gasteiger partial charge in [-0.25, -0.2) is 4.79 Å². The molecule has 0 unspecified atom stereocenters. The fourth-order valence-electron chi connectivity index (χ4n) is 2.17. The maximum Gasteiger partial charge on any atom is 0.328 e. The van der Waals surface area contributed by atoms with Gasteiger partial charge in [-0.05, 0) is 18.4 Å². The van der Waals surface area contributed by atoms with Crippen LogP contribution in [0.1, 0.15) is 24.8 Å². The summed E-state index contributed by atoms with van der Waals surface area (Å²) in [7, 11) is 0. The van der Waals surface area contributed by atoms with Crippen molar-refractivity contribution < 1.29 is 34.1 Å². The fourth-order valence-corrected chi connectivity index (χ4v) is 2.17. The van der Waals surface area contributed by atoms with Crippen LogP contribution in [0.15, 0.2) is 42.5 Å². The second-order valence-electron chi connectivity index (χ2n) is 6.10. The number of carboxylic acid groups (broad SMARTS) is 2. The van der Waals surface area contributed by atoms with Crippen LogP contribution in [0.5, 0.6) is 0 Å². The zero-order valence-electron chi connectivity index (χ0n) is 15.3. The average molecular weight is 392 g/mol. The molecule has 2 atom stereocenters. The lowest BCUT2D eigenvalue weighted by Crippen LogP contribution is -2.45. The van der Waals surface area contributed by atoms with E-state index in [1.54, 1.807) is 0 Å². The third-order valence-electron chi connectivity index (χ3n) is 3.85. The summed E-state index contributed by atoms with van der Waals surface area (Å²) in [5, 5.41) is 20.1. The highest BCUT2D eigenvalue weighted by molar-refractivity contribution is 6.19. The number of nitrogens with one attached hydrogen (secondary N) is 1. The summed E-state index contributed by atoms with van der Waals surface area (Å²) >= 11 is 0. The van der Waals surface area contributed by atoms with E-state index in [0.29, 0.717) is 0 Å². The minimum Gasteiger partial charge on any atom is -0.480 e. The molecule has 5 N–H and O–H groups in total. The average Bonchev–Trinajstić information content (AvgIpc) is 2.66. The predicted octanol–water partition coefficient (Wildman–Crippen LogP) is 0.480. The van der Waals surface area contributed by atoms with Gasteiger partial charge in [0.25, 0.3) is 5.91 Å². The van der Waals surface area contributed by atoms with Crippen molar-refractivity contribution >= 4 is 23.6 Å². The van der Waals surface area contributed by atoms with E-state index in [-0.39, 0.29) is 32.5 Å². The van der Waals surface area contributed by atoms with Gasteiger partial charge in [-0.2, -0.15) is 0 Å². The van der Waals surface area contributed by atoms with E-state index in [9.17, 15) is 24.3 Å². The molecule has 0 aliphatic rings. The molecule has 0 saturated carbocycles. The van der Waals surface area contributed by atoms with Gasteiger partial charge in [0.15, 0.2) is 11.8 Å². The Labute approximate surface area is 162 Å². The summed E-state index contributed by atoms with van der Waals surface area (Å²) in [5.41, 5.74) is 5.77. The summed E-state index contributed by atoms with van der Waals surface area (Å²) in [6, 6.07) is 6.65. The molecule has 0 spiro atoms. The lowest BCUT2D eigenvalue weighted by molar-refractivity contribution is -0.143. The van der Waals surface area contributed by atoms with Crippen LogP contribution in [0, 0.1) is 0 Å². The fraction of sp³-hybridized carbons (Fsp3) is 0.368. The van der Waals surface area contributed by atoms with Crippen LogP contribution in [0.3, 0.4) is 0 Å². The Morgan fingerprint density at radius 2 is 1.75 bits per heavy atom. The first-order chi connectivity index (χ1) is 13.2. The molecule has 0 bridgehead atoms. The van der Waals surface area contributed by atoms with Gasteiger partial charge in [0.1, 0.15) is 6.04 Å². The van der Waals surface area contributed by atoms with E-state index in [1.807, 2.05) is 30.3 Å². The maximum atomic E-state index is 12.1. The lowest BCUT2D eigenvalue weighted by atomic mass is 10.0. The Morgan fingerprint density at radius 1 is 1.11 bits per heavy atom. The molecular weight excluding hydrogens is 368 g/mol. The van der Waals surface area contributed by atoms with E-state index in [0.717, 1.165) is 5.56 Å². The second-order valence-corrected chi connectivity index (χ2v) is 6.10. The molecule has 0 saturated heterocycles. The SMILES string of the molecule is C=C(C(=O)CCC[C@H](N)C(=O)O)C(=O)N[C@H](COCc1ccccc1)C(=O)O. The van der Waals surface area contributed by atoms with E-state index in [2.05, 4.69) is 11.9 Å². The van der Waals surface area contributed by atoms with E-state index >= 15 is 0 Å².